The van der Waals surface area contributed by atoms with E-state index in [0.717, 1.165) is 27.8 Å². The molecular formula is C23H24N8O2S. The molecule has 11 heteroatoms. The van der Waals surface area contributed by atoms with Gasteiger partial charge in [0.15, 0.2) is 5.82 Å². The Labute approximate surface area is 199 Å². The maximum Gasteiger partial charge on any atom is 0.266 e. The predicted molar refractivity (Wildman–Crippen MR) is 129 cm³/mol. The first-order chi connectivity index (χ1) is 16.5. The molecule has 174 valence electrons. The lowest BCUT2D eigenvalue weighted by Crippen LogP contribution is -2.54. The monoisotopic (exact) mass is 476 g/mol. The first kappa shape index (κ1) is 22.0. The Balaban J connectivity index is 1.15. The van der Waals surface area contributed by atoms with Gasteiger partial charge in [0, 0.05) is 37.5 Å². The van der Waals surface area contributed by atoms with Gasteiger partial charge in [-0.3, -0.25) is 9.59 Å². The SMILES string of the molecule is Cc1cc(C)n(-c2cc(N3CC(C(=O)NCCn4nc(-c5cccs5)ccc4=O)C3)ncn2)n1. The topological polar surface area (TPSA) is 111 Å². The number of hydrogen-bond donors (Lipinski definition) is 1. The minimum Gasteiger partial charge on any atom is -0.355 e. The molecule has 1 amide bonds. The van der Waals surface area contributed by atoms with Crippen LogP contribution in [0.25, 0.3) is 16.4 Å². The zero-order valence-corrected chi connectivity index (χ0v) is 19.7. The summed E-state index contributed by atoms with van der Waals surface area (Å²) in [6, 6.07) is 11.0. The van der Waals surface area contributed by atoms with Crippen LogP contribution in [0.2, 0.25) is 0 Å². The smallest absolute Gasteiger partial charge is 0.266 e. The van der Waals surface area contributed by atoms with Crippen molar-refractivity contribution in [2.24, 2.45) is 5.92 Å². The number of rotatable bonds is 7. The summed E-state index contributed by atoms with van der Waals surface area (Å²) < 4.78 is 3.18. The molecule has 0 saturated carbocycles. The van der Waals surface area contributed by atoms with Gasteiger partial charge in [-0.1, -0.05) is 6.07 Å². The van der Waals surface area contributed by atoms with Crippen molar-refractivity contribution in [1.29, 1.82) is 0 Å². The van der Waals surface area contributed by atoms with E-state index in [1.807, 2.05) is 48.4 Å². The molecule has 10 nitrogen and oxygen atoms in total. The van der Waals surface area contributed by atoms with Crippen molar-refractivity contribution < 1.29 is 4.79 Å². The molecule has 0 aliphatic carbocycles. The molecule has 1 N–H and O–H groups in total. The summed E-state index contributed by atoms with van der Waals surface area (Å²) in [6.07, 6.45) is 1.52. The number of nitrogens with zero attached hydrogens (tertiary/aromatic N) is 7. The van der Waals surface area contributed by atoms with E-state index in [9.17, 15) is 9.59 Å². The summed E-state index contributed by atoms with van der Waals surface area (Å²) in [7, 11) is 0. The molecule has 0 radical (unpaired) electrons. The third-order valence-electron chi connectivity index (χ3n) is 5.70. The van der Waals surface area contributed by atoms with Gasteiger partial charge >= 0.3 is 0 Å². The van der Waals surface area contributed by atoms with Crippen LogP contribution in [0.15, 0.2) is 52.9 Å². The van der Waals surface area contributed by atoms with Crippen molar-refractivity contribution >= 4 is 23.1 Å². The fourth-order valence-electron chi connectivity index (χ4n) is 3.91. The Morgan fingerprint density at radius 1 is 1.12 bits per heavy atom. The van der Waals surface area contributed by atoms with Gasteiger partial charge < -0.3 is 10.2 Å². The predicted octanol–water partition coefficient (Wildman–Crippen LogP) is 1.82. The fraction of sp³-hybridized carbons (Fsp3) is 0.304. The van der Waals surface area contributed by atoms with E-state index in [2.05, 4.69) is 25.5 Å². The van der Waals surface area contributed by atoms with Crippen LogP contribution in [0, 0.1) is 19.8 Å². The molecule has 0 atom stereocenters. The summed E-state index contributed by atoms with van der Waals surface area (Å²) in [5.74, 6) is 1.30. The number of aromatic nitrogens is 6. The highest BCUT2D eigenvalue weighted by Gasteiger charge is 2.33. The van der Waals surface area contributed by atoms with E-state index in [-0.39, 0.29) is 17.4 Å². The maximum atomic E-state index is 12.6. The van der Waals surface area contributed by atoms with Gasteiger partial charge in [-0.2, -0.15) is 10.2 Å². The minimum atomic E-state index is -0.188. The standard InChI is InChI=1S/C23H24N8O2S/c1-15-10-16(2)31(27-15)21-11-20(25-14-26-21)29-12-17(13-29)23(33)24-7-8-30-22(32)6-5-18(28-30)19-4-3-9-34-19/h3-6,9-11,14,17H,7-8,12-13H2,1-2H3,(H,24,33). The number of hydrogen-bond acceptors (Lipinski definition) is 8. The largest absolute Gasteiger partial charge is 0.355 e. The number of carbonyl (C=O) groups is 1. The summed E-state index contributed by atoms with van der Waals surface area (Å²) in [6.45, 7) is 5.73. The van der Waals surface area contributed by atoms with Crippen molar-refractivity contribution in [2.45, 2.75) is 20.4 Å². The van der Waals surface area contributed by atoms with E-state index in [1.165, 1.54) is 17.1 Å². The molecule has 1 aliphatic heterocycles. The van der Waals surface area contributed by atoms with Gasteiger partial charge in [0.05, 0.1) is 23.0 Å². The number of anilines is 1. The Morgan fingerprint density at radius 2 is 1.94 bits per heavy atom. The molecule has 4 aromatic heterocycles. The van der Waals surface area contributed by atoms with E-state index >= 15 is 0 Å². The van der Waals surface area contributed by atoms with Crippen molar-refractivity contribution in [1.82, 2.24) is 34.8 Å². The summed E-state index contributed by atoms with van der Waals surface area (Å²) in [4.78, 5) is 36.4. The highest BCUT2D eigenvalue weighted by atomic mass is 32.1. The summed E-state index contributed by atoms with van der Waals surface area (Å²) in [5.41, 5.74) is 2.48. The molecule has 0 unspecified atom stereocenters. The van der Waals surface area contributed by atoms with Crippen molar-refractivity contribution in [3.8, 4) is 16.4 Å². The van der Waals surface area contributed by atoms with E-state index in [1.54, 1.807) is 22.1 Å². The molecule has 5 heterocycles. The van der Waals surface area contributed by atoms with Crippen LogP contribution in [0.4, 0.5) is 5.82 Å². The van der Waals surface area contributed by atoms with Crippen molar-refractivity contribution in [3.63, 3.8) is 0 Å². The van der Waals surface area contributed by atoms with Crippen LogP contribution in [0.3, 0.4) is 0 Å². The second kappa shape index (κ2) is 9.18. The van der Waals surface area contributed by atoms with Gasteiger partial charge in [0.25, 0.3) is 5.56 Å². The summed E-state index contributed by atoms with van der Waals surface area (Å²) in [5, 5.41) is 13.8. The number of nitrogens with one attached hydrogen (secondary N) is 1. The molecular weight excluding hydrogens is 452 g/mol. The summed E-state index contributed by atoms with van der Waals surface area (Å²) >= 11 is 1.57. The molecule has 0 aromatic carbocycles. The molecule has 34 heavy (non-hydrogen) atoms. The third-order valence-corrected chi connectivity index (χ3v) is 6.60. The number of carbonyl (C=O) groups excluding carboxylic acids is 1. The molecule has 1 saturated heterocycles. The first-order valence-electron chi connectivity index (χ1n) is 11.0. The van der Waals surface area contributed by atoms with Gasteiger partial charge in [0.1, 0.15) is 17.8 Å². The molecule has 0 spiro atoms. The van der Waals surface area contributed by atoms with Crippen molar-refractivity contribution in [2.75, 3.05) is 24.5 Å². The van der Waals surface area contributed by atoms with Gasteiger partial charge in [0.2, 0.25) is 5.91 Å². The van der Waals surface area contributed by atoms with E-state index < -0.39 is 0 Å². The van der Waals surface area contributed by atoms with Gasteiger partial charge in [-0.25, -0.2) is 19.3 Å². The second-order valence-electron chi connectivity index (χ2n) is 8.22. The van der Waals surface area contributed by atoms with Crippen LogP contribution >= 0.6 is 11.3 Å². The first-order valence-corrected chi connectivity index (χ1v) is 11.9. The van der Waals surface area contributed by atoms with E-state index in [4.69, 9.17) is 0 Å². The lowest BCUT2D eigenvalue weighted by molar-refractivity contribution is -0.125. The molecule has 4 aromatic rings. The fourth-order valence-corrected chi connectivity index (χ4v) is 4.60. The Morgan fingerprint density at radius 3 is 2.68 bits per heavy atom. The minimum absolute atomic E-state index is 0.0356. The maximum absolute atomic E-state index is 12.6. The van der Waals surface area contributed by atoms with Crippen LogP contribution < -0.4 is 15.8 Å². The Hall–Kier alpha value is -3.86. The average Bonchev–Trinajstić information content (AvgIpc) is 3.44. The van der Waals surface area contributed by atoms with Gasteiger partial charge in [-0.15, -0.1) is 11.3 Å². The lowest BCUT2D eigenvalue weighted by Gasteiger charge is -2.39. The highest BCUT2D eigenvalue weighted by molar-refractivity contribution is 7.13. The van der Waals surface area contributed by atoms with Crippen LogP contribution in [-0.2, 0) is 11.3 Å². The molecule has 1 fully saturated rings. The normalized spacial score (nSPS) is 13.6. The van der Waals surface area contributed by atoms with Crippen molar-refractivity contribution in [3.05, 3.63) is 69.8 Å². The second-order valence-corrected chi connectivity index (χ2v) is 9.17. The number of thiophene rings is 1. The quantitative estimate of drug-likeness (QED) is 0.433. The number of amides is 1. The average molecular weight is 477 g/mol. The van der Waals surface area contributed by atoms with Gasteiger partial charge in [-0.05, 0) is 37.4 Å². The lowest BCUT2D eigenvalue weighted by atomic mass is 9.99. The molecule has 1 aliphatic rings. The molecule has 5 rings (SSSR count). The van der Waals surface area contributed by atoms with Crippen LogP contribution in [0.1, 0.15) is 11.4 Å². The van der Waals surface area contributed by atoms with Crippen LogP contribution in [0.5, 0.6) is 0 Å². The number of aryl methyl sites for hydroxylation is 2. The van der Waals surface area contributed by atoms with E-state index in [0.29, 0.717) is 32.0 Å². The highest BCUT2D eigenvalue weighted by Crippen LogP contribution is 2.24. The third kappa shape index (κ3) is 4.46. The molecule has 0 bridgehead atoms. The van der Waals surface area contributed by atoms with Crippen LogP contribution in [-0.4, -0.2) is 55.1 Å². The Kier molecular flexibility index (Phi) is 5.93. The zero-order chi connectivity index (χ0) is 23.7. The zero-order valence-electron chi connectivity index (χ0n) is 18.9. The Bertz CT molecular complexity index is 1370.